The molecule has 2 rings (SSSR count). The summed E-state index contributed by atoms with van der Waals surface area (Å²) < 4.78 is 44.5. The van der Waals surface area contributed by atoms with E-state index >= 15 is 0 Å². The van der Waals surface area contributed by atoms with E-state index < -0.39 is 22.4 Å². The van der Waals surface area contributed by atoms with E-state index in [1.165, 1.54) is 6.07 Å². The molecule has 2 aromatic rings. The van der Waals surface area contributed by atoms with Gasteiger partial charge in [-0.3, -0.25) is 4.72 Å². The topological polar surface area (TPSA) is 79.5 Å². The van der Waals surface area contributed by atoms with Crippen molar-refractivity contribution >= 4 is 43.2 Å². The number of benzene rings is 1. The van der Waals surface area contributed by atoms with Crippen molar-refractivity contribution in [2.45, 2.75) is 11.5 Å². The van der Waals surface area contributed by atoms with Gasteiger partial charge in [0.1, 0.15) is 23.1 Å². The highest BCUT2D eigenvalue weighted by Crippen LogP contribution is 2.28. The maximum atomic E-state index is 13.2. The summed E-state index contributed by atoms with van der Waals surface area (Å²) in [4.78, 5) is -0.207. The first-order chi connectivity index (χ1) is 9.31. The highest BCUT2D eigenvalue weighted by atomic mass is 79.9. The van der Waals surface area contributed by atoms with Gasteiger partial charge in [0.2, 0.25) is 0 Å². The second-order valence-corrected chi connectivity index (χ2v) is 6.58. The van der Waals surface area contributed by atoms with Gasteiger partial charge in [-0.15, -0.1) is 0 Å². The minimum absolute atomic E-state index is 0.0198. The molecule has 0 unspecified atom stereocenters. The summed E-state index contributed by atoms with van der Waals surface area (Å²) in [5.74, 6) is -0.591. The molecule has 108 valence electrons. The molecule has 0 saturated heterocycles. The van der Waals surface area contributed by atoms with Crippen LogP contribution < -0.4 is 4.72 Å². The van der Waals surface area contributed by atoms with Gasteiger partial charge < -0.3 is 9.52 Å². The Balaban J connectivity index is 2.37. The van der Waals surface area contributed by atoms with Gasteiger partial charge in [-0.2, -0.15) is 0 Å². The number of anilines is 1. The van der Waals surface area contributed by atoms with Crippen molar-refractivity contribution in [2.75, 3.05) is 4.72 Å². The third kappa shape index (κ3) is 3.32. The number of halogens is 3. The van der Waals surface area contributed by atoms with Crippen LogP contribution in [0, 0.1) is 5.82 Å². The number of nitrogens with one attached hydrogen (secondary N) is 1. The van der Waals surface area contributed by atoms with Gasteiger partial charge in [-0.1, -0.05) is 11.6 Å². The predicted molar refractivity (Wildman–Crippen MR) is 74.5 cm³/mol. The Hall–Kier alpha value is -1.09. The van der Waals surface area contributed by atoms with Crippen molar-refractivity contribution in [3.05, 3.63) is 45.5 Å². The van der Waals surface area contributed by atoms with E-state index in [2.05, 4.69) is 20.7 Å². The highest BCUT2D eigenvalue weighted by Gasteiger charge is 2.22. The number of furan rings is 1. The molecule has 2 N–H and O–H groups in total. The molecule has 9 heteroatoms. The molecular formula is C11H8BrClFNO4S. The van der Waals surface area contributed by atoms with Gasteiger partial charge in [0.05, 0.1) is 5.69 Å². The maximum absolute atomic E-state index is 13.2. The first kappa shape index (κ1) is 15.3. The van der Waals surface area contributed by atoms with E-state index in [1.807, 2.05) is 0 Å². The van der Waals surface area contributed by atoms with Crippen LogP contribution in [0.5, 0.6) is 0 Å². The van der Waals surface area contributed by atoms with Crippen LogP contribution in [0.2, 0.25) is 5.02 Å². The number of aliphatic hydroxyl groups excluding tert-OH is 1. The van der Waals surface area contributed by atoms with Crippen LogP contribution in [-0.4, -0.2) is 13.5 Å². The Morgan fingerprint density at radius 2 is 2.05 bits per heavy atom. The average molecular weight is 385 g/mol. The molecule has 0 aliphatic heterocycles. The van der Waals surface area contributed by atoms with Crippen LogP contribution in [0.4, 0.5) is 10.1 Å². The van der Waals surface area contributed by atoms with E-state index in [0.29, 0.717) is 0 Å². The smallest absolute Gasteiger partial charge is 0.266 e. The second kappa shape index (κ2) is 5.72. The fourth-order valence-corrected chi connectivity index (χ4v) is 3.74. The van der Waals surface area contributed by atoms with Gasteiger partial charge in [0.15, 0.2) is 4.67 Å². The third-order valence-corrected chi connectivity index (χ3v) is 4.72. The summed E-state index contributed by atoms with van der Waals surface area (Å²) in [7, 11) is -3.99. The molecule has 0 spiro atoms. The van der Waals surface area contributed by atoms with Crippen LogP contribution in [-0.2, 0) is 16.6 Å². The molecule has 0 aliphatic carbocycles. The van der Waals surface area contributed by atoms with Gasteiger partial charge >= 0.3 is 0 Å². The van der Waals surface area contributed by atoms with Crippen molar-refractivity contribution in [2.24, 2.45) is 0 Å². The number of rotatable bonds is 4. The minimum Gasteiger partial charge on any atom is -0.450 e. The van der Waals surface area contributed by atoms with Crippen LogP contribution in [0.25, 0.3) is 0 Å². The molecule has 1 heterocycles. The van der Waals surface area contributed by atoms with Crippen molar-refractivity contribution in [3.8, 4) is 0 Å². The fourth-order valence-electron chi connectivity index (χ4n) is 1.48. The standard InChI is InChI=1S/C11H8BrClFNO4S/c12-11-10(4-9(5-16)19-11)20(17,18)15-8-2-6(13)1-7(14)3-8/h1-4,15-16H,5H2. The van der Waals surface area contributed by atoms with Crippen molar-refractivity contribution in [1.29, 1.82) is 0 Å². The number of hydrogen-bond donors (Lipinski definition) is 2. The van der Waals surface area contributed by atoms with E-state index in [1.54, 1.807) is 0 Å². The summed E-state index contributed by atoms with van der Waals surface area (Å²) in [6.07, 6.45) is 0. The van der Waals surface area contributed by atoms with Crippen LogP contribution in [0.15, 0.2) is 38.2 Å². The van der Waals surface area contributed by atoms with Crippen molar-refractivity contribution < 1.29 is 22.3 Å². The molecule has 20 heavy (non-hydrogen) atoms. The van der Waals surface area contributed by atoms with Gasteiger partial charge in [-0.25, -0.2) is 12.8 Å². The lowest BCUT2D eigenvalue weighted by Gasteiger charge is -2.07. The molecule has 0 amide bonds. The summed E-state index contributed by atoms with van der Waals surface area (Å²) in [5.41, 5.74) is -0.0198. The summed E-state index contributed by atoms with van der Waals surface area (Å²) in [6, 6.07) is 4.47. The van der Waals surface area contributed by atoms with Crippen LogP contribution in [0.3, 0.4) is 0 Å². The highest BCUT2D eigenvalue weighted by molar-refractivity contribution is 9.10. The third-order valence-electron chi connectivity index (χ3n) is 2.27. The van der Waals surface area contributed by atoms with Crippen molar-refractivity contribution in [1.82, 2.24) is 0 Å². The Morgan fingerprint density at radius 3 is 2.60 bits per heavy atom. The van der Waals surface area contributed by atoms with Crippen molar-refractivity contribution in [3.63, 3.8) is 0 Å². The molecule has 1 aromatic heterocycles. The first-order valence-electron chi connectivity index (χ1n) is 5.20. The van der Waals surface area contributed by atoms with Crippen LogP contribution >= 0.6 is 27.5 Å². The SMILES string of the molecule is O=S(=O)(Nc1cc(F)cc(Cl)c1)c1cc(CO)oc1Br. The molecule has 1 aromatic carbocycles. The molecule has 0 fully saturated rings. The molecular weight excluding hydrogens is 377 g/mol. The Morgan fingerprint density at radius 1 is 1.35 bits per heavy atom. The first-order valence-corrected chi connectivity index (χ1v) is 7.85. The maximum Gasteiger partial charge on any atom is 0.266 e. The largest absolute Gasteiger partial charge is 0.450 e. The molecule has 0 radical (unpaired) electrons. The average Bonchev–Trinajstić information content (AvgIpc) is 2.69. The van der Waals surface area contributed by atoms with E-state index in [4.69, 9.17) is 21.1 Å². The quantitative estimate of drug-likeness (QED) is 0.849. The number of hydrogen-bond acceptors (Lipinski definition) is 4. The number of aliphatic hydroxyl groups is 1. The van der Waals surface area contributed by atoms with E-state index in [0.717, 1.165) is 18.2 Å². The Bertz CT molecular complexity index is 727. The second-order valence-electron chi connectivity index (χ2n) is 3.77. The lowest BCUT2D eigenvalue weighted by Crippen LogP contribution is -2.12. The summed E-state index contributed by atoms with van der Waals surface area (Å²) in [5, 5.41) is 8.97. The van der Waals surface area contributed by atoms with Crippen LogP contribution in [0.1, 0.15) is 5.76 Å². The molecule has 0 saturated carbocycles. The minimum atomic E-state index is -3.99. The number of sulfonamides is 1. The Kier molecular flexibility index (Phi) is 4.38. The Labute approximate surface area is 127 Å². The summed E-state index contributed by atoms with van der Waals surface area (Å²) >= 11 is 8.59. The monoisotopic (exact) mass is 383 g/mol. The zero-order chi connectivity index (χ0) is 14.9. The summed E-state index contributed by atoms with van der Waals surface area (Å²) in [6.45, 7) is -0.445. The molecule has 0 bridgehead atoms. The van der Waals surface area contributed by atoms with Gasteiger partial charge in [0.25, 0.3) is 10.0 Å². The molecule has 5 nitrogen and oxygen atoms in total. The van der Waals surface area contributed by atoms with Gasteiger partial charge in [0, 0.05) is 11.1 Å². The van der Waals surface area contributed by atoms with E-state index in [-0.39, 0.29) is 26.0 Å². The molecule has 0 atom stereocenters. The van der Waals surface area contributed by atoms with Gasteiger partial charge in [-0.05, 0) is 34.1 Å². The normalized spacial score (nSPS) is 11.6. The fraction of sp³-hybridized carbons (Fsp3) is 0.0909. The molecule has 0 aliphatic rings. The lowest BCUT2D eigenvalue weighted by molar-refractivity contribution is 0.245. The lowest BCUT2D eigenvalue weighted by atomic mass is 10.3. The zero-order valence-corrected chi connectivity index (χ0v) is 12.9. The van der Waals surface area contributed by atoms with E-state index in [9.17, 15) is 12.8 Å². The zero-order valence-electron chi connectivity index (χ0n) is 9.73. The predicted octanol–water partition coefficient (Wildman–Crippen LogP) is 3.13.